The first-order chi connectivity index (χ1) is 8.26. The summed E-state index contributed by atoms with van der Waals surface area (Å²) in [6, 6.07) is 4.96. The number of ether oxygens (including phenoxy) is 1. The third-order valence-electron chi connectivity index (χ3n) is 1.83. The van der Waals surface area contributed by atoms with Gasteiger partial charge in [-0.05, 0) is 38.4 Å². The third kappa shape index (κ3) is 5.53. The Bertz CT molecular complexity index is 402. The summed E-state index contributed by atoms with van der Waals surface area (Å²) in [7, 11) is 3.47. The van der Waals surface area contributed by atoms with Gasteiger partial charge in [-0.2, -0.15) is 0 Å². The van der Waals surface area contributed by atoms with Crippen LogP contribution in [0.15, 0.2) is 24.3 Å². The molecule has 100 valence electrons. The van der Waals surface area contributed by atoms with E-state index in [-0.39, 0.29) is 18.2 Å². The minimum atomic E-state index is -4.71. The Balaban J connectivity index is 2.58. The lowest BCUT2D eigenvalue weighted by Crippen LogP contribution is -2.27. The molecule has 1 N–H and O–H groups in total. The minimum absolute atomic E-state index is 0.195. The molecule has 4 nitrogen and oxygen atoms in total. The first-order valence-electron chi connectivity index (χ1n) is 5.06. The van der Waals surface area contributed by atoms with E-state index >= 15 is 0 Å². The van der Waals surface area contributed by atoms with Crippen molar-refractivity contribution in [3.8, 4) is 5.75 Å². The Kier molecular flexibility index (Phi) is 4.55. The average molecular weight is 262 g/mol. The fraction of sp³-hybridized carbons (Fsp3) is 0.364. The highest BCUT2D eigenvalue weighted by Gasteiger charge is 2.30. The van der Waals surface area contributed by atoms with E-state index in [0.29, 0.717) is 5.69 Å². The molecular formula is C11H13F3N2O2. The molecule has 1 aromatic rings. The van der Waals surface area contributed by atoms with Gasteiger partial charge >= 0.3 is 6.36 Å². The summed E-state index contributed by atoms with van der Waals surface area (Å²) < 4.78 is 39.4. The van der Waals surface area contributed by atoms with Crippen LogP contribution in [0.5, 0.6) is 5.75 Å². The molecule has 7 heteroatoms. The second-order valence-corrected chi connectivity index (χ2v) is 3.86. The number of alkyl halides is 3. The van der Waals surface area contributed by atoms with Crippen LogP contribution in [0, 0.1) is 0 Å². The van der Waals surface area contributed by atoms with Crippen LogP contribution in [0.4, 0.5) is 18.9 Å². The molecule has 0 saturated carbocycles. The molecule has 0 aromatic heterocycles. The second-order valence-electron chi connectivity index (χ2n) is 3.86. The number of rotatable bonds is 4. The summed E-state index contributed by atoms with van der Waals surface area (Å²) >= 11 is 0. The Morgan fingerprint density at radius 2 is 1.83 bits per heavy atom. The molecule has 0 saturated heterocycles. The Morgan fingerprint density at radius 3 is 2.28 bits per heavy atom. The molecule has 0 radical (unpaired) electrons. The molecule has 0 spiro atoms. The van der Waals surface area contributed by atoms with E-state index in [1.165, 1.54) is 12.1 Å². The topological polar surface area (TPSA) is 41.6 Å². The summed E-state index contributed by atoms with van der Waals surface area (Å²) in [6.45, 7) is 0.195. The fourth-order valence-electron chi connectivity index (χ4n) is 1.23. The van der Waals surface area contributed by atoms with E-state index in [1.54, 1.807) is 19.0 Å². The lowest BCUT2D eigenvalue weighted by atomic mass is 10.3. The molecule has 0 atom stereocenters. The van der Waals surface area contributed by atoms with E-state index < -0.39 is 6.36 Å². The summed E-state index contributed by atoms with van der Waals surface area (Å²) in [6.07, 6.45) is -4.71. The average Bonchev–Trinajstić information content (AvgIpc) is 2.17. The molecule has 18 heavy (non-hydrogen) atoms. The molecule has 0 heterocycles. The Hall–Kier alpha value is -1.76. The highest BCUT2D eigenvalue weighted by molar-refractivity contribution is 5.92. The van der Waals surface area contributed by atoms with Crippen molar-refractivity contribution in [2.45, 2.75) is 6.36 Å². The van der Waals surface area contributed by atoms with Gasteiger partial charge < -0.3 is 15.0 Å². The van der Waals surface area contributed by atoms with Gasteiger partial charge in [0.15, 0.2) is 0 Å². The minimum Gasteiger partial charge on any atom is -0.406 e. The maximum Gasteiger partial charge on any atom is 0.573 e. The van der Waals surface area contributed by atoms with Gasteiger partial charge in [-0.1, -0.05) is 0 Å². The zero-order valence-corrected chi connectivity index (χ0v) is 9.91. The van der Waals surface area contributed by atoms with Gasteiger partial charge in [0, 0.05) is 5.69 Å². The third-order valence-corrected chi connectivity index (χ3v) is 1.83. The van der Waals surface area contributed by atoms with E-state index in [9.17, 15) is 18.0 Å². The predicted octanol–water partition coefficient (Wildman–Crippen LogP) is 2.09. The number of amides is 1. The Morgan fingerprint density at radius 1 is 1.28 bits per heavy atom. The second kappa shape index (κ2) is 5.72. The highest BCUT2D eigenvalue weighted by Crippen LogP contribution is 2.23. The zero-order chi connectivity index (χ0) is 13.8. The van der Waals surface area contributed by atoms with Gasteiger partial charge in [-0.25, -0.2) is 0 Å². The van der Waals surface area contributed by atoms with E-state index in [1.807, 2.05) is 0 Å². The van der Waals surface area contributed by atoms with Crippen LogP contribution in [0.1, 0.15) is 0 Å². The summed E-state index contributed by atoms with van der Waals surface area (Å²) in [4.78, 5) is 13.0. The molecule has 1 rings (SSSR count). The quantitative estimate of drug-likeness (QED) is 0.903. The number of hydrogen-bond acceptors (Lipinski definition) is 3. The maximum absolute atomic E-state index is 11.9. The molecule has 0 aliphatic rings. The molecule has 0 aliphatic heterocycles. The summed E-state index contributed by atoms with van der Waals surface area (Å²) in [5.41, 5.74) is 0.413. The number of nitrogens with zero attached hydrogens (tertiary/aromatic N) is 1. The Labute approximate surface area is 102 Å². The van der Waals surface area contributed by atoms with E-state index in [4.69, 9.17) is 0 Å². The van der Waals surface area contributed by atoms with Crippen LogP contribution in [-0.4, -0.2) is 37.8 Å². The lowest BCUT2D eigenvalue weighted by Gasteiger charge is -2.11. The van der Waals surface area contributed by atoms with Gasteiger partial charge in [0.05, 0.1) is 6.54 Å². The number of carbonyl (C=O) groups excluding carboxylic acids is 1. The van der Waals surface area contributed by atoms with Crippen molar-refractivity contribution in [3.05, 3.63) is 24.3 Å². The molecule has 0 fully saturated rings. The number of likely N-dealkylation sites (N-methyl/N-ethyl adjacent to an activating group) is 1. The SMILES string of the molecule is CN(C)CC(=O)Nc1ccc(OC(F)(F)F)cc1. The molecule has 0 bridgehead atoms. The van der Waals surface area contributed by atoms with Crippen LogP contribution in [-0.2, 0) is 4.79 Å². The van der Waals surface area contributed by atoms with Crippen LogP contribution < -0.4 is 10.1 Å². The number of anilines is 1. The number of halogens is 3. The number of carbonyl (C=O) groups is 1. The van der Waals surface area contributed by atoms with Crippen LogP contribution >= 0.6 is 0 Å². The normalized spacial score (nSPS) is 11.4. The number of benzene rings is 1. The van der Waals surface area contributed by atoms with Crippen molar-refractivity contribution >= 4 is 11.6 Å². The molecule has 0 aliphatic carbocycles. The van der Waals surface area contributed by atoms with Gasteiger partial charge in [0.2, 0.25) is 5.91 Å². The molecule has 1 amide bonds. The van der Waals surface area contributed by atoms with E-state index in [2.05, 4.69) is 10.1 Å². The van der Waals surface area contributed by atoms with Gasteiger partial charge in [-0.3, -0.25) is 4.79 Å². The van der Waals surface area contributed by atoms with Crippen molar-refractivity contribution < 1.29 is 22.7 Å². The predicted molar refractivity (Wildman–Crippen MR) is 60.3 cm³/mol. The highest BCUT2D eigenvalue weighted by atomic mass is 19.4. The zero-order valence-electron chi connectivity index (χ0n) is 9.91. The molecule has 0 unspecified atom stereocenters. The first-order valence-corrected chi connectivity index (χ1v) is 5.06. The number of hydrogen-bond donors (Lipinski definition) is 1. The molecular weight excluding hydrogens is 249 g/mol. The van der Waals surface area contributed by atoms with Crippen LogP contribution in [0.25, 0.3) is 0 Å². The first kappa shape index (κ1) is 14.3. The van der Waals surface area contributed by atoms with Crippen molar-refractivity contribution in [2.24, 2.45) is 0 Å². The van der Waals surface area contributed by atoms with Crippen molar-refractivity contribution in [1.82, 2.24) is 4.90 Å². The van der Waals surface area contributed by atoms with E-state index in [0.717, 1.165) is 12.1 Å². The maximum atomic E-state index is 11.9. The molecule has 1 aromatic carbocycles. The smallest absolute Gasteiger partial charge is 0.406 e. The van der Waals surface area contributed by atoms with Gasteiger partial charge in [0.25, 0.3) is 0 Å². The van der Waals surface area contributed by atoms with Gasteiger partial charge in [0.1, 0.15) is 5.75 Å². The van der Waals surface area contributed by atoms with Crippen molar-refractivity contribution in [2.75, 3.05) is 26.0 Å². The fourth-order valence-corrected chi connectivity index (χ4v) is 1.23. The largest absolute Gasteiger partial charge is 0.573 e. The van der Waals surface area contributed by atoms with Gasteiger partial charge in [-0.15, -0.1) is 13.2 Å². The summed E-state index contributed by atoms with van der Waals surface area (Å²) in [5, 5.41) is 2.55. The van der Waals surface area contributed by atoms with Crippen LogP contribution in [0.3, 0.4) is 0 Å². The van der Waals surface area contributed by atoms with Crippen LogP contribution in [0.2, 0.25) is 0 Å². The lowest BCUT2D eigenvalue weighted by molar-refractivity contribution is -0.274. The van der Waals surface area contributed by atoms with Crippen molar-refractivity contribution in [3.63, 3.8) is 0 Å². The van der Waals surface area contributed by atoms with Crippen molar-refractivity contribution in [1.29, 1.82) is 0 Å². The monoisotopic (exact) mass is 262 g/mol. The standard InChI is InChI=1S/C11H13F3N2O2/c1-16(2)7-10(17)15-8-3-5-9(6-4-8)18-11(12,13)14/h3-6H,7H2,1-2H3,(H,15,17). The number of nitrogens with one attached hydrogen (secondary N) is 1. The summed E-state index contributed by atoms with van der Waals surface area (Å²) in [5.74, 6) is -0.572.